The third-order valence-electron chi connectivity index (χ3n) is 4.61. The van der Waals surface area contributed by atoms with Gasteiger partial charge >= 0.3 is 6.03 Å². The molecule has 0 atom stereocenters. The fraction of sp³-hybridized carbons (Fsp3) is 0.143. The third-order valence-corrected chi connectivity index (χ3v) is 6.00. The standard InChI is InChI=1S/C21H18ClFN4O2S/c1-12-19(10-24-20(28)25-16-9-14(22)5-8-18(16)29-2)30-21-26-17(11-27(12)21)13-3-6-15(23)7-4-13/h3-9,11H,10H2,1-2H3,(H2,24,25,28). The second kappa shape index (κ2) is 8.33. The van der Waals surface area contributed by atoms with E-state index < -0.39 is 0 Å². The van der Waals surface area contributed by atoms with Crippen molar-refractivity contribution in [3.8, 4) is 17.0 Å². The van der Waals surface area contributed by atoms with Crippen LogP contribution in [0.4, 0.5) is 14.9 Å². The normalized spacial score (nSPS) is 10.9. The maximum absolute atomic E-state index is 13.1. The van der Waals surface area contributed by atoms with E-state index in [0.29, 0.717) is 23.0 Å². The molecule has 0 unspecified atom stereocenters. The molecule has 0 spiro atoms. The number of nitrogens with zero attached hydrogens (tertiary/aromatic N) is 2. The van der Waals surface area contributed by atoms with Gasteiger partial charge < -0.3 is 15.4 Å². The van der Waals surface area contributed by atoms with E-state index in [2.05, 4.69) is 15.6 Å². The lowest BCUT2D eigenvalue weighted by Crippen LogP contribution is -2.28. The van der Waals surface area contributed by atoms with Crippen LogP contribution < -0.4 is 15.4 Å². The fourth-order valence-electron chi connectivity index (χ4n) is 3.02. The highest BCUT2D eigenvalue weighted by atomic mass is 35.5. The van der Waals surface area contributed by atoms with Gasteiger partial charge in [0.25, 0.3) is 0 Å². The fourth-order valence-corrected chi connectivity index (χ4v) is 4.24. The molecule has 0 fully saturated rings. The van der Waals surface area contributed by atoms with Crippen molar-refractivity contribution in [3.63, 3.8) is 0 Å². The Morgan fingerprint density at radius 2 is 2.03 bits per heavy atom. The Balaban J connectivity index is 1.46. The molecule has 9 heteroatoms. The van der Waals surface area contributed by atoms with Gasteiger partial charge in [-0.15, -0.1) is 0 Å². The number of hydrogen-bond acceptors (Lipinski definition) is 4. The first-order valence-corrected chi connectivity index (χ1v) is 10.3. The molecule has 4 aromatic rings. The van der Waals surface area contributed by atoms with Crippen LogP contribution in [0.5, 0.6) is 5.75 Å². The highest BCUT2D eigenvalue weighted by Crippen LogP contribution is 2.29. The number of carbonyl (C=O) groups excluding carboxylic acids is 1. The lowest BCUT2D eigenvalue weighted by molar-refractivity contribution is 0.251. The molecular weight excluding hydrogens is 427 g/mol. The number of anilines is 1. The van der Waals surface area contributed by atoms with Gasteiger partial charge in [0.15, 0.2) is 4.96 Å². The summed E-state index contributed by atoms with van der Waals surface area (Å²) in [6, 6.07) is 10.9. The number of aromatic nitrogens is 2. The van der Waals surface area contributed by atoms with Crippen molar-refractivity contribution in [2.45, 2.75) is 13.5 Å². The van der Waals surface area contributed by atoms with Gasteiger partial charge in [-0.2, -0.15) is 0 Å². The van der Waals surface area contributed by atoms with E-state index in [1.807, 2.05) is 17.5 Å². The summed E-state index contributed by atoms with van der Waals surface area (Å²) in [6.07, 6.45) is 1.91. The van der Waals surface area contributed by atoms with Gasteiger partial charge in [-0.25, -0.2) is 14.2 Å². The summed E-state index contributed by atoms with van der Waals surface area (Å²) in [5, 5.41) is 6.09. The number of methoxy groups -OCH3 is 1. The number of imidazole rings is 1. The minimum absolute atomic E-state index is 0.280. The Morgan fingerprint density at radius 3 is 2.73 bits per heavy atom. The van der Waals surface area contributed by atoms with Crippen molar-refractivity contribution in [2.75, 3.05) is 12.4 Å². The smallest absolute Gasteiger partial charge is 0.319 e. The zero-order valence-corrected chi connectivity index (χ0v) is 17.8. The largest absolute Gasteiger partial charge is 0.495 e. The zero-order valence-electron chi connectivity index (χ0n) is 16.2. The predicted octanol–water partition coefficient (Wildman–Crippen LogP) is 5.49. The van der Waals surface area contributed by atoms with Gasteiger partial charge in [-0.3, -0.25) is 4.40 Å². The summed E-state index contributed by atoms with van der Waals surface area (Å²) >= 11 is 7.48. The second-order valence-electron chi connectivity index (χ2n) is 6.55. The van der Waals surface area contributed by atoms with E-state index in [4.69, 9.17) is 16.3 Å². The molecule has 2 heterocycles. The molecule has 154 valence electrons. The minimum Gasteiger partial charge on any atom is -0.495 e. The number of urea groups is 1. The number of benzene rings is 2. The SMILES string of the molecule is COc1ccc(Cl)cc1NC(=O)NCc1sc2nc(-c3ccc(F)cc3)cn2c1C. The maximum atomic E-state index is 13.1. The van der Waals surface area contributed by atoms with E-state index >= 15 is 0 Å². The van der Waals surface area contributed by atoms with Crippen LogP contribution in [0.1, 0.15) is 10.6 Å². The van der Waals surface area contributed by atoms with Crippen LogP contribution in [0.25, 0.3) is 16.2 Å². The van der Waals surface area contributed by atoms with Crippen LogP contribution in [0, 0.1) is 12.7 Å². The number of hydrogen-bond donors (Lipinski definition) is 2. The van der Waals surface area contributed by atoms with E-state index in [1.165, 1.54) is 30.6 Å². The van der Waals surface area contributed by atoms with Gasteiger partial charge in [0.05, 0.1) is 25.0 Å². The molecule has 0 aliphatic carbocycles. The first-order chi connectivity index (χ1) is 14.4. The summed E-state index contributed by atoms with van der Waals surface area (Å²) in [4.78, 5) is 18.7. The van der Waals surface area contributed by atoms with E-state index in [0.717, 1.165) is 26.8 Å². The number of amides is 2. The van der Waals surface area contributed by atoms with Gasteiger partial charge in [0.1, 0.15) is 11.6 Å². The summed E-state index contributed by atoms with van der Waals surface area (Å²) in [5.74, 6) is 0.242. The molecule has 0 aliphatic heterocycles. The van der Waals surface area contributed by atoms with E-state index in [-0.39, 0.29) is 11.8 Å². The van der Waals surface area contributed by atoms with Gasteiger partial charge in [0.2, 0.25) is 0 Å². The van der Waals surface area contributed by atoms with Crippen molar-refractivity contribution in [1.82, 2.24) is 14.7 Å². The molecule has 2 aromatic heterocycles. The highest BCUT2D eigenvalue weighted by molar-refractivity contribution is 7.17. The molecule has 0 saturated carbocycles. The van der Waals surface area contributed by atoms with Gasteiger partial charge in [0, 0.05) is 27.4 Å². The Hall–Kier alpha value is -3.10. The molecule has 2 aromatic carbocycles. The second-order valence-corrected chi connectivity index (χ2v) is 8.05. The molecule has 0 radical (unpaired) electrons. The number of rotatable bonds is 5. The molecular formula is C21H18ClFN4O2S. The quantitative estimate of drug-likeness (QED) is 0.427. The Labute approximate surface area is 181 Å². The van der Waals surface area contributed by atoms with E-state index in [9.17, 15) is 9.18 Å². The predicted molar refractivity (Wildman–Crippen MR) is 117 cm³/mol. The number of halogens is 2. The molecule has 0 bridgehead atoms. The van der Waals surface area contributed by atoms with Crippen molar-refractivity contribution in [1.29, 1.82) is 0 Å². The summed E-state index contributed by atoms with van der Waals surface area (Å²) in [5.41, 5.74) is 3.09. The molecule has 2 amide bonds. The summed E-state index contributed by atoms with van der Waals surface area (Å²) < 4.78 is 20.3. The molecule has 4 rings (SSSR count). The Bertz CT molecular complexity index is 1220. The molecule has 0 aliphatic rings. The van der Waals surface area contributed by atoms with Crippen LogP contribution in [0.15, 0.2) is 48.7 Å². The number of thiazole rings is 1. The van der Waals surface area contributed by atoms with Crippen molar-refractivity contribution < 1.29 is 13.9 Å². The average molecular weight is 445 g/mol. The summed E-state index contributed by atoms with van der Waals surface area (Å²) in [6.45, 7) is 2.31. The van der Waals surface area contributed by atoms with Crippen LogP contribution in [-0.4, -0.2) is 22.5 Å². The monoisotopic (exact) mass is 444 g/mol. The lowest BCUT2D eigenvalue weighted by atomic mass is 10.2. The Kier molecular flexibility index (Phi) is 5.61. The molecule has 30 heavy (non-hydrogen) atoms. The van der Waals surface area contributed by atoms with Crippen LogP contribution in [0.3, 0.4) is 0 Å². The first-order valence-electron chi connectivity index (χ1n) is 9.06. The number of nitrogens with one attached hydrogen (secondary N) is 2. The maximum Gasteiger partial charge on any atom is 0.319 e. The van der Waals surface area contributed by atoms with Crippen LogP contribution in [0.2, 0.25) is 5.02 Å². The number of fused-ring (bicyclic) bond motifs is 1. The first kappa shape index (κ1) is 20.2. The van der Waals surface area contributed by atoms with E-state index in [1.54, 1.807) is 30.3 Å². The third kappa shape index (κ3) is 4.10. The molecule has 2 N–H and O–H groups in total. The zero-order chi connectivity index (χ0) is 21.3. The topological polar surface area (TPSA) is 67.7 Å². The average Bonchev–Trinajstić information content (AvgIpc) is 3.26. The van der Waals surface area contributed by atoms with Crippen molar-refractivity contribution >= 4 is 39.6 Å². The summed E-state index contributed by atoms with van der Waals surface area (Å²) in [7, 11) is 1.53. The number of ether oxygens (including phenoxy) is 1. The highest BCUT2D eigenvalue weighted by Gasteiger charge is 2.14. The number of carbonyl (C=O) groups is 1. The number of aryl methyl sites for hydroxylation is 1. The van der Waals surface area contributed by atoms with Gasteiger partial charge in [-0.1, -0.05) is 22.9 Å². The molecule has 6 nitrogen and oxygen atoms in total. The lowest BCUT2D eigenvalue weighted by Gasteiger charge is -2.11. The Morgan fingerprint density at radius 1 is 1.27 bits per heavy atom. The van der Waals surface area contributed by atoms with Crippen LogP contribution >= 0.6 is 22.9 Å². The molecule has 0 saturated heterocycles. The van der Waals surface area contributed by atoms with Crippen molar-refractivity contribution in [2.24, 2.45) is 0 Å². The van der Waals surface area contributed by atoms with Crippen LogP contribution in [-0.2, 0) is 6.54 Å². The van der Waals surface area contributed by atoms with Crippen molar-refractivity contribution in [3.05, 3.63) is 70.1 Å². The minimum atomic E-state index is -0.368. The van der Waals surface area contributed by atoms with Gasteiger partial charge in [-0.05, 0) is 49.4 Å².